The highest BCUT2D eigenvalue weighted by atomic mass is 32.2. The number of hydrogen-bond donors (Lipinski definition) is 4. The van der Waals surface area contributed by atoms with E-state index in [4.69, 9.17) is 17.3 Å². The Morgan fingerprint density at radius 2 is 1.80 bits per heavy atom. The Morgan fingerprint density at radius 3 is 2.44 bits per heavy atom. The normalized spacial score (nSPS) is 14.0. The molecular formula is C26H17F2N3O8S2. The van der Waals surface area contributed by atoms with Crippen molar-refractivity contribution < 1.29 is 43.4 Å². The lowest BCUT2D eigenvalue weighted by Crippen LogP contribution is -2.31. The molecule has 210 valence electrons. The summed E-state index contributed by atoms with van der Waals surface area (Å²) in [5.41, 5.74) is -0.935. The minimum atomic E-state index is -1.35. The van der Waals surface area contributed by atoms with Gasteiger partial charge < -0.3 is 20.6 Å². The fourth-order valence-electron chi connectivity index (χ4n) is 3.79. The van der Waals surface area contributed by atoms with E-state index >= 15 is 0 Å². The molecule has 0 atom stereocenters. The first-order chi connectivity index (χ1) is 19.3. The fourth-order valence-corrected chi connectivity index (χ4v) is 5.09. The molecule has 0 aromatic heterocycles. The Kier molecular flexibility index (Phi) is 8.30. The largest absolute Gasteiger partial charge is 0.507 e. The van der Waals surface area contributed by atoms with E-state index in [1.807, 2.05) is 0 Å². The van der Waals surface area contributed by atoms with Gasteiger partial charge in [0.1, 0.15) is 15.6 Å². The highest BCUT2D eigenvalue weighted by Crippen LogP contribution is 2.40. The van der Waals surface area contributed by atoms with Gasteiger partial charge in [0.25, 0.3) is 5.91 Å². The number of nitrogens with one attached hydrogen (secondary N) is 1. The van der Waals surface area contributed by atoms with E-state index in [-0.39, 0.29) is 50.1 Å². The van der Waals surface area contributed by atoms with Crippen molar-refractivity contribution in [1.82, 2.24) is 4.90 Å². The Hall–Kier alpha value is -4.89. The van der Waals surface area contributed by atoms with Crippen LogP contribution >= 0.6 is 24.0 Å². The molecule has 0 bridgehead atoms. The molecule has 41 heavy (non-hydrogen) atoms. The number of thioether (sulfide) groups is 1. The van der Waals surface area contributed by atoms with Gasteiger partial charge in [-0.1, -0.05) is 30.0 Å². The van der Waals surface area contributed by atoms with E-state index in [2.05, 4.69) is 5.32 Å². The smallest absolute Gasteiger partial charge is 0.339 e. The monoisotopic (exact) mass is 601 g/mol. The Labute approximate surface area is 238 Å². The lowest BCUT2D eigenvalue weighted by Gasteiger charge is -2.14. The predicted octanol–water partition coefficient (Wildman–Crippen LogP) is 4.88. The maximum atomic E-state index is 13.8. The zero-order valence-electron chi connectivity index (χ0n) is 20.5. The van der Waals surface area contributed by atoms with Crippen molar-refractivity contribution >= 4 is 63.5 Å². The third-order valence-electron chi connectivity index (χ3n) is 5.80. The first-order valence-corrected chi connectivity index (χ1v) is 12.7. The number of aromatic carboxylic acids is 1. The molecule has 4 rings (SSSR count). The molecular weight excluding hydrogens is 584 g/mol. The number of hydrogen-bond acceptors (Lipinski definition) is 9. The molecule has 0 radical (unpaired) electrons. The second kappa shape index (κ2) is 11.7. The molecule has 2 amide bonds. The topological polar surface area (TPSA) is 170 Å². The second-order valence-corrected chi connectivity index (χ2v) is 10.2. The number of carbonyl (C=O) groups excluding carboxylic acids is 2. The molecule has 1 fully saturated rings. The summed E-state index contributed by atoms with van der Waals surface area (Å²) in [6.45, 7) is -0.159. The van der Waals surface area contributed by atoms with E-state index in [1.54, 1.807) is 0 Å². The molecule has 0 saturated carbocycles. The Bertz CT molecular complexity index is 1680. The van der Waals surface area contributed by atoms with E-state index in [0.29, 0.717) is 0 Å². The first kappa shape index (κ1) is 29.1. The molecule has 4 N–H and O–H groups in total. The third kappa shape index (κ3) is 6.31. The van der Waals surface area contributed by atoms with Crippen molar-refractivity contribution in [3.63, 3.8) is 0 Å². The van der Waals surface area contributed by atoms with Crippen molar-refractivity contribution in [3.05, 3.63) is 86.3 Å². The minimum Gasteiger partial charge on any atom is -0.507 e. The SMILES string of the molecule is O=C(CCN1C(=O)/C(=C/c2cc(-c3ccc(F)c(F)c3)cc([N+](=O)[O-])c2O)SC1=S)Nc1ccc(C(=O)O)c(O)c1. The average molecular weight is 602 g/mol. The van der Waals surface area contributed by atoms with Gasteiger partial charge in [0, 0.05) is 36.3 Å². The quantitative estimate of drug-likeness (QED) is 0.121. The van der Waals surface area contributed by atoms with Crippen LogP contribution in [0.25, 0.3) is 17.2 Å². The maximum absolute atomic E-state index is 13.8. The number of rotatable bonds is 8. The van der Waals surface area contributed by atoms with E-state index in [1.165, 1.54) is 18.2 Å². The molecule has 0 aliphatic carbocycles. The molecule has 0 unspecified atom stereocenters. The standard InChI is InChI=1S/C26H17F2N3O8S2/c27-17-4-1-12(8-18(17)28)13-7-14(23(34)19(9-13)31(38)39)10-21-24(35)30(26(40)41-21)6-5-22(33)29-15-2-3-16(25(36)37)20(32)11-15/h1-4,7-11,32,34H,5-6H2,(H,29,33)(H,36,37)/b21-10-. The molecule has 3 aromatic carbocycles. The van der Waals surface area contributed by atoms with Gasteiger partial charge in [-0.2, -0.15) is 0 Å². The summed E-state index contributed by atoms with van der Waals surface area (Å²) in [7, 11) is 0. The number of thiocarbonyl (C=S) groups is 1. The van der Waals surface area contributed by atoms with Crippen LogP contribution in [-0.4, -0.2) is 53.8 Å². The van der Waals surface area contributed by atoms with Crippen LogP contribution in [0, 0.1) is 21.7 Å². The van der Waals surface area contributed by atoms with Crippen LogP contribution in [0.15, 0.2) is 53.4 Å². The molecule has 1 heterocycles. The van der Waals surface area contributed by atoms with Crippen LogP contribution in [0.4, 0.5) is 20.2 Å². The van der Waals surface area contributed by atoms with Gasteiger partial charge >= 0.3 is 11.7 Å². The molecule has 3 aromatic rings. The number of carboxylic acid groups (broad SMARTS) is 1. The zero-order chi connectivity index (χ0) is 30.0. The number of nitro groups is 1. The van der Waals surface area contributed by atoms with E-state index in [0.717, 1.165) is 53.1 Å². The van der Waals surface area contributed by atoms with Crippen molar-refractivity contribution in [2.24, 2.45) is 0 Å². The highest BCUT2D eigenvalue weighted by Gasteiger charge is 2.33. The number of carbonyl (C=O) groups is 3. The molecule has 11 nitrogen and oxygen atoms in total. The number of nitro benzene ring substituents is 1. The number of halogens is 2. The van der Waals surface area contributed by atoms with Gasteiger partial charge in [0.15, 0.2) is 11.6 Å². The van der Waals surface area contributed by atoms with Gasteiger partial charge in [-0.05, 0) is 47.5 Å². The van der Waals surface area contributed by atoms with Gasteiger partial charge in [0.2, 0.25) is 11.7 Å². The average Bonchev–Trinajstić information content (AvgIpc) is 3.16. The number of carboxylic acids is 1. The van der Waals surface area contributed by atoms with Gasteiger partial charge in [-0.15, -0.1) is 0 Å². The number of amides is 2. The highest BCUT2D eigenvalue weighted by molar-refractivity contribution is 8.26. The number of aromatic hydroxyl groups is 2. The van der Waals surface area contributed by atoms with Crippen LogP contribution in [0.5, 0.6) is 11.5 Å². The van der Waals surface area contributed by atoms with Gasteiger partial charge in [-0.25, -0.2) is 13.6 Å². The molecule has 1 saturated heterocycles. The minimum absolute atomic E-state index is 0.0170. The third-order valence-corrected chi connectivity index (χ3v) is 7.18. The summed E-state index contributed by atoms with van der Waals surface area (Å²) in [5.74, 6) is -6.17. The first-order valence-electron chi connectivity index (χ1n) is 11.4. The summed E-state index contributed by atoms with van der Waals surface area (Å²) in [6, 6.07) is 8.58. The number of benzene rings is 3. The maximum Gasteiger partial charge on any atom is 0.339 e. The summed E-state index contributed by atoms with van der Waals surface area (Å²) in [4.78, 5) is 48.2. The number of nitrogens with zero attached hydrogens (tertiary/aromatic N) is 2. The predicted molar refractivity (Wildman–Crippen MR) is 148 cm³/mol. The van der Waals surface area contributed by atoms with Crippen molar-refractivity contribution in [1.29, 1.82) is 0 Å². The lowest BCUT2D eigenvalue weighted by molar-refractivity contribution is -0.385. The molecule has 1 aliphatic heterocycles. The second-order valence-electron chi connectivity index (χ2n) is 8.49. The van der Waals surface area contributed by atoms with Gasteiger partial charge in [-0.3, -0.25) is 24.6 Å². The van der Waals surface area contributed by atoms with Crippen LogP contribution in [0.1, 0.15) is 22.3 Å². The molecule has 1 aliphatic rings. The van der Waals surface area contributed by atoms with Crippen molar-refractivity contribution in [3.8, 4) is 22.6 Å². The van der Waals surface area contributed by atoms with Crippen LogP contribution in [0.2, 0.25) is 0 Å². The zero-order valence-corrected chi connectivity index (χ0v) is 22.1. The summed E-state index contributed by atoms with van der Waals surface area (Å²) in [6.07, 6.45) is 0.932. The molecule has 0 spiro atoms. The number of phenols is 2. The van der Waals surface area contributed by atoms with E-state index in [9.17, 15) is 43.5 Å². The Balaban J connectivity index is 1.53. The van der Waals surface area contributed by atoms with Crippen molar-refractivity contribution in [2.75, 3.05) is 11.9 Å². The van der Waals surface area contributed by atoms with Crippen molar-refractivity contribution in [2.45, 2.75) is 6.42 Å². The van der Waals surface area contributed by atoms with Crippen LogP contribution in [0.3, 0.4) is 0 Å². The van der Waals surface area contributed by atoms with Gasteiger partial charge in [0.05, 0.1) is 9.83 Å². The number of phenolic OH excluding ortho intramolecular Hbond substituents is 1. The Morgan fingerprint density at radius 1 is 1.07 bits per heavy atom. The summed E-state index contributed by atoms with van der Waals surface area (Å²) >= 11 is 6.06. The number of anilines is 1. The van der Waals surface area contributed by atoms with Crippen LogP contribution in [-0.2, 0) is 9.59 Å². The lowest BCUT2D eigenvalue weighted by atomic mass is 10.0. The van der Waals surface area contributed by atoms with Crippen LogP contribution < -0.4 is 5.32 Å². The van der Waals surface area contributed by atoms with E-state index < -0.39 is 51.5 Å². The summed E-state index contributed by atoms with van der Waals surface area (Å²) in [5, 5.41) is 43.3. The fraction of sp³-hybridized carbons (Fsp3) is 0.0769. The molecule has 15 heteroatoms. The summed E-state index contributed by atoms with van der Waals surface area (Å²) < 4.78 is 27.2.